The zero-order chi connectivity index (χ0) is 25.8. The molecular weight excluding hydrogens is 480 g/mol. The van der Waals surface area contributed by atoms with E-state index in [0.717, 1.165) is 24.0 Å². The van der Waals surface area contributed by atoms with Crippen LogP contribution < -0.4 is 9.47 Å². The van der Waals surface area contributed by atoms with Gasteiger partial charge in [-0.15, -0.1) is 0 Å². The number of ether oxygens (including phenoxy) is 2. The average molecular weight is 506 g/mol. The Morgan fingerprint density at radius 1 is 1.05 bits per heavy atom. The van der Waals surface area contributed by atoms with Crippen LogP contribution >= 0.6 is 0 Å². The molecule has 2 aromatic carbocycles. The topological polar surface area (TPSA) is 86.5 Å². The highest BCUT2D eigenvalue weighted by molar-refractivity contribution is 5.89. The Kier molecular flexibility index (Phi) is 7.11. The van der Waals surface area contributed by atoms with Crippen LogP contribution in [0.5, 0.6) is 11.5 Å². The number of pyridine rings is 1. The lowest BCUT2D eigenvalue weighted by atomic mass is 9.99. The summed E-state index contributed by atoms with van der Waals surface area (Å²) in [4.78, 5) is 15.5. The van der Waals surface area contributed by atoms with Gasteiger partial charge in [0.1, 0.15) is 0 Å². The largest absolute Gasteiger partial charge is 0.489 e. The highest BCUT2D eigenvalue weighted by Crippen LogP contribution is 2.36. The summed E-state index contributed by atoms with van der Waals surface area (Å²) < 4.78 is 38.5. The summed E-state index contributed by atoms with van der Waals surface area (Å²) in [7, 11) is 0. The molecule has 1 fully saturated rings. The number of aromatic nitrogens is 3. The van der Waals surface area contributed by atoms with Crippen LogP contribution in [0, 0.1) is 5.92 Å². The van der Waals surface area contributed by atoms with Gasteiger partial charge >= 0.3 is 12.6 Å². The molecule has 1 N–H and O–H groups in total. The number of benzene rings is 2. The normalized spacial score (nSPS) is 13.9. The minimum Gasteiger partial charge on any atom is -0.489 e. The maximum Gasteiger partial charge on any atom is 0.387 e. The Hall–Kier alpha value is -4.27. The van der Waals surface area contributed by atoms with Gasteiger partial charge in [-0.3, -0.25) is 9.67 Å². The molecular formula is C28H25F2N3O4. The third-order valence-electron chi connectivity index (χ3n) is 6.25. The fourth-order valence-electron chi connectivity index (χ4n) is 4.11. The van der Waals surface area contributed by atoms with Gasteiger partial charge < -0.3 is 14.6 Å². The van der Waals surface area contributed by atoms with E-state index in [0.29, 0.717) is 30.2 Å². The van der Waals surface area contributed by atoms with Crippen molar-refractivity contribution in [2.45, 2.75) is 31.9 Å². The molecule has 9 heteroatoms. The molecule has 2 aromatic heterocycles. The van der Waals surface area contributed by atoms with Crippen LogP contribution in [-0.2, 0) is 6.42 Å². The van der Waals surface area contributed by atoms with Crippen molar-refractivity contribution in [3.63, 3.8) is 0 Å². The number of halogens is 2. The first-order valence-electron chi connectivity index (χ1n) is 12.0. The molecule has 0 aliphatic heterocycles. The smallest absolute Gasteiger partial charge is 0.387 e. The Morgan fingerprint density at radius 3 is 2.59 bits per heavy atom. The molecule has 1 atom stereocenters. The van der Waals surface area contributed by atoms with E-state index in [-0.39, 0.29) is 23.1 Å². The summed E-state index contributed by atoms with van der Waals surface area (Å²) in [6.45, 7) is -2.51. The van der Waals surface area contributed by atoms with Gasteiger partial charge in [0.25, 0.3) is 0 Å². The van der Waals surface area contributed by atoms with Crippen molar-refractivity contribution in [1.82, 2.24) is 14.8 Å². The maximum atomic E-state index is 13.0. The summed E-state index contributed by atoms with van der Waals surface area (Å²) in [5.74, 6) is -0.313. The van der Waals surface area contributed by atoms with E-state index in [1.165, 1.54) is 12.1 Å². The lowest BCUT2D eigenvalue weighted by molar-refractivity contribution is -0.0515. The Morgan fingerprint density at radius 2 is 1.86 bits per heavy atom. The lowest BCUT2D eigenvalue weighted by Gasteiger charge is -2.21. The fraction of sp³-hybridized carbons (Fsp3) is 0.250. The highest BCUT2D eigenvalue weighted by Gasteiger charge is 2.24. The summed E-state index contributed by atoms with van der Waals surface area (Å²) in [6.07, 6.45) is 7.92. The zero-order valence-corrected chi connectivity index (χ0v) is 19.8. The molecule has 1 saturated carbocycles. The number of aromatic carboxylic acids is 1. The first-order chi connectivity index (χ1) is 18.0. The molecule has 0 saturated heterocycles. The molecule has 1 aliphatic rings. The molecule has 37 heavy (non-hydrogen) atoms. The predicted molar refractivity (Wildman–Crippen MR) is 132 cm³/mol. The molecule has 0 radical (unpaired) electrons. The van der Waals surface area contributed by atoms with E-state index < -0.39 is 12.6 Å². The third-order valence-corrected chi connectivity index (χ3v) is 6.25. The van der Waals surface area contributed by atoms with Gasteiger partial charge in [0.05, 0.1) is 23.9 Å². The number of hydrogen-bond donors (Lipinski definition) is 1. The van der Waals surface area contributed by atoms with Crippen LogP contribution in [0.15, 0.2) is 79.3 Å². The van der Waals surface area contributed by atoms with Crippen LogP contribution in [0.1, 0.15) is 40.4 Å². The second-order valence-electron chi connectivity index (χ2n) is 8.98. The van der Waals surface area contributed by atoms with Crippen molar-refractivity contribution in [1.29, 1.82) is 0 Å². The standard InChI is InChI=1S/C28H25F2N3O4/c29-28(30)37-25-7-6-21(16-26(25)36-17-19-4-5-19)24(14-18-8-11-31-12-9-18)33-13-10-23(32-33)20-2-1-3-22(15-20)27(34)35/h1-3,6-13,15-16,19,24,28H,4-5,14,17H2,(H,34,35). The van der Waals surface area contributed by atoms with Crippen molar-refractivity contribution in [3.8, 4) is 22.8 Å². The van der Waals surface area contributed by atoms with Crippen LogP contribution in [0.25, 0.3) is 11.3 Å². The Labute approximate surface area is 212 Å². The Balaban J connectivity index is 1.51. The quantitative estimate of drug-likeness (QED) is 0.275. The zero-order valence-electron chi connectivity index (χ0n) is 19.8. The second kappa shape index (κ2) is 10.8. The van der Waals surface area contributed by atoms with Crippen LogP contribution in [0.4, 0.5) is 8.78 Å². The van der Waals surface area contributed by atoms with Crippen molar-refractivity contribution < 1.29 is 28.2 Å². The number of alkyl halides is 2. The van der Waals surface area contributed by atoms with Crippen LogP contribution in [0.2, 0.25) is 0 Å². The molecule has 0 spiro atoms. The summed E-state index contributed by atoms with van der Waals surface area (Å²) in [6, 6.07) is 16.9. The molecule has 7 nitrogen and oxygen atoms in total. The number of carboxylic acids is 1. The number of carbonyl (C=O) groups is 1. The fourth-order valence-corrected chi connectivity index (χ4v) is 4.11. The first-order valence-corrected chi connectivity index (χ1v) is 12.0. The van der Waals surface area contributed by atoms with E-state index in [1.54, 1.807) is 47.4 Å². The van der Waals surface area contributed by atoms with Gasteiger partial charge in [-0.05, 0) is 78.8 Å². The number of hydrogen-bond acceptors (Lipinski definition) is 5. The van der Waals surface area contributed by atoms with Crippen LogP contribution in [0.3, 0.4) is 0 Å². The monoisotopic (exact) mass is 505 g/mol. The number of rotatable bonds is 11. The van der Waals surface area contributed by atoms with Gasteiger partial charge in [-0.25, -0.2) is 4.79 Å². The third kappa shape index (κ3) is 6.11. The summed E-state index contributed by atoms with van der Waals surface area (Å²) in [5.41, 5.74) is 3.28. The summed E-state index contributed by atoms with van der Waals surface area (Å²) in [5, 5.41) is 14.1. The van der Waals surface area contributed by atoms with E-state index >= 15 is 0 Å². The van der Waals surface area contributed by atoms with E-state index in [4.69, 9.17) is 14.6 Å². The van der Waals surface area contributed by atoms with E-state index in [2.05, 4.69) is 4.98 Å². The molecule has 0 amide bonds. The molecule has 0 bridgehead atoms. The maximum absolute atomic E-state index is 13.0. The molecule has 4 aromatic rings. The highest BCUT2D eigenvalue weighted by atomic mass is 19.3. The van der Waals surface area contributed by atoms with Crippen molar-refractivity contribution in [3.05, 3.63) is 95.9 Å². The van der Waals surface area contributed by atoms with Gasteiger partial charge in [-0.1, -0.05) is 18.2 Å². The Bertz CT molecular complexity index is 1370. The number of carboxylic acid groups (broad SMARTS) is 1. The molecule has 1 aliphatic carbocycles. The van der Waals surface area contributed by atoms with E-state index in [9.17, 15) is 18.7 Å². The second-order valence-corrected chi connectivity index (χ2v) is 8.98. The number of nitrogens with zero attached hydrogens (tertiary/aromatic N) is 3. The van der Waals surface area contributed by atoms with Gasteiger partial charge in [-0.2, -0.15) is 13.9 Å². The molecule has 5 rings (SSSR count). The minimum atomic E-state index is -2.96. The predicted octanol–water partition coefficient (Wildman–Crippen LogP) is 5.87. The summed E-state index contributed by atoms with van der Waals surface area (Å²) >= 11 is 0. The minimum absolute atomic E-state index is 0.00583. The van der Waals surface area contributed by atoms with Crippen LogP contribution in [-0.4, -0.2) is 39.1 Å². The SMILES string of the molecule is O=C(O)c1cccc(-c2ccn(C(Cc3ccncc3)c3ccc(OC(F)F)c(OCC4CC4)c3)n2)c1. The van der Waals surface area contributed by atoms with Gasteiger partial charge in [0.15, 0.2) is 11.5 Å². The van der Waals surface area contributed by atoms with Crippen molar-refractivity contribution in [2.24, 2.45) is 5.92 Å². The average Bonchev–Trinajstić information content (AvgIpc) is 3.61. The van der Waals surface area contributed by atoms with Gasteiger partial charge in [0.2, 0.25) is 0 Å². The van der Waals surface area contributed by atoms with Gasteiger partial charge in [0, 0.05) is 24.2 Å². The van der Waals surface area contributed by atoms with Crippen molar-refractivity contribution in [2.75, 3.05) is 6.61 Å². The first kappa shape index (κ1) is 24.4. The molecule has 190 valence electrons. The lowest BCUT2D eigenvalue weighted by Crippen LogP contribution is -2.15. The van der Waals surface area contributed by atoms with E-state index in [1.807, 2.05) is 24.4 Å². The molecule has 1 unspecified atom stereocenters. The molecule has 2 heterocycles. The van der Waals surface area contributed by atoms with Crippen molar-refractivity contribution >= 4 is 5.97 Å².